The molecule has 0 aliphatic carbocycles. The van der Waals surface area contributed by atoms with Gasteiger partial charge in [-0.05, 0) is 113 Å². The van der Waals surface area contributed by atoms with E-state index in [-0.39, 0.29) is 11.9 Å². The van der Waals surface area contributed by atoms with Crippen LogP contribution in [0.2, 0.25) is 5.02 Å². The molecule has 248 valence electrons. The van der Waals surface area contributed by atoms with Gasteiger partial charge in [0.25, 0.3) is 5.91 Å². The van der Waals surface area contributed by atoms with Crippen LogP contribution in [0.3, 0.4) is 0 Å². The molecule has 9 nitrogen and oxygen atoms in total. The Kier molecular flexibility index (Phi) is 10.5. The van der Waals surface area contributed by atoms with Gasteiger partial charge in [-0.15, -0.1) is 0 Å². The molecule has 0 spiro atoms. The van der Waals surface area contributed by atoms with E-state index in [0.717, 1.165) is 19.3 Å². The van der Waals surface area contributed by atoms with Crippen LogP contribution in [-0.4, -0.2) is 82.5 Å². The number of ether oxygens (including phenoxy) is 1. The van der Waals surface area contributed by atoms with Gasteiger partial charge in [-0.3, -0.25) is 14.1 Å². The molecule has 3 aromatic carbocycles. The highest BCUT2D eigenvalue weighted by Gasteiger charge is 2.36. The van der Waals surface area contributed by atoms with E-state index in [2.05, 4.69) is 21.8 Å². The predicted octanol–water partition coefficient (Wildman–Crippen LogP) is 7.46. The van der Waals surface area contributed by atoms with Crippen LogP contribution in [0.4, 0.5) is 5.69 Å². The van der Waals surface area contributed by atoms with Gasteiger partial charge in [-0.25, -0.2) is 4.79 Å². The lowest BCUT2D eigenvalue weighted by atomic mass is 9.90. The Balaban J connectivity index is 1.33. The number of rotatable bonds is 9. The minimum absolute atomic E-state index is 0.102. The number of amides is 1. The number of benzene rings is 3. The zero-order valence-electron chi connectivity index (χ0n) is 27.2. The second kappa shape index (κ2) is 14.2. The zero-order valence-corrected chi connectivity index (χ0v) is 28.8. The smallest absolute Gasteiger partial charge is 0.338 e. The van der Waals surface area contributed by atoms with Crippen molar-refractivity contribution in [2.75, 3.05) is 45.0 Å². The number of hydrogen-bond donors (Lipinski definition) is 2. The van der Waals surface area contributed by atoms with Crippen LogP contribution in [0.25, 0.3) is 0 Å². The summed E-state index contributed by atoms with van der Waals surface area (Å²) in [5, 5.41) is 0.299. The van der Waals surface area contributed by atoms with Crippen molar-refractivity contribution in [2.45, 2.75) is 57.6 Å². The number of anilines is 1. The fourth-order valence-electron chi connectivity index (χ4n) is 5.85. The van der Waals surface area contributed by atoms with Crippen LogP contribution < -0.4 is 8.91 Å². The second-order valence-electron chi connectivity index (χ2n) is 13.2. The number of likely N-dealkylation sites (tertiary alicyclic amines) is 1. The van der Waals surface area contributed by atoms with Gasteiger partial charge >= 0.3 is 5.97 Å². The molecule has 3 aromatic rings. The van der Waals surface area contributed by atoms with Crippen molar-refractivity contribution in [1.82, 2.24) is 14.1 Å². The summed E-state index contributed by atoms with van der Waals surface area (Å²) in [6.07, 6.45) is 2.83. The highest BCUT2D eigenvalue weighted by molar-refractivity contribution is 8.24. The number of halogens is 1. The molecule has 0 radical (unpaired) electrons. The van der Waals surface area contributed by atoms with Crippen molar-refractivity contribution in [1.29, 1.82) is 0 Å². The summed E-state index contributed by atoms with van der Waals surface area (Å²) in [5.74, 6) is 0.146. The number of likely N-dealkylation sites (N-methyl/N-ethyl adjacent to an activating group) is 1. The largest absolute Gasteiger partial charge is 0.456 e. The van der Waals surface area contributed by atoms with Gasteiger partial charge in [0, 0.05) is 38.1 Å². The Morgan fingerprint density at radius 2 is 1.70 bits per heavy atom. The normalized spacial score (nSPS) is 21.0. The van der Waals surface area contributed by atoms with E-state index in [4.69, 9.17) is 20.5 Å². The number of hydrogen-bond acceptors (Lipinski definition) is 8. The van der Waals surface area contributed by atoms with Crippen molar-refractivity contribution < 1.29 is 23.1 Å². The molecule has 3 atom stereocenters. The number of piperidine rings is 1. The summed E-state index contributed by atoms with van der Waals surface area (Å²) in [6, 6.07) is 22.2. The Labute approximate surface area is 279 Å². The molecule has 2 aliphatic heterocycles. The van der Waals surface area contributed by atoms with Gasteiger partial charge in [0.1, 0.15) is 5.60 Å². The van der Waals surface area contributed by atoms with Crippen LogP contribution in [0.5, 0.6) is 5.75 Å². The number of nitrogens with zero attached hydrogens (tertiary/aromatic N) is 3. The highest BCUT2D eigenvalue weighted by Crippen LogP contribution is 2.51. The van der Waals surface area contributed by atoms with Crippen molar-refractivity contribution in [3.63, 3.8) is 0 Å². The quantitative estimate of drug-likeness (QED) is 0.227. The van der Waals surface area contributed by atoms with Gasteiger partial charge in [0.15, 0.2) is 5.75 Å². The fraction of sp³-hybridized carbons (Fsp3) is 0.429. The first-order valence-corrected chi connectivity index (χ1v) is 17.6. The summed E-state index contributed by atoms with van der Waals surface area (Å²) in [7, 11) is 0.966. The van der Waals surface area contributed by atoms with Crippen molar-refractivity contribution in [3.05, 3.63) is 94.5 Å². The van der Waals surface area contributed by atoms with Crippen molar-refractivity contribution >= 4 is 40.1 Å². The summed E-state index contributed by atoms with van der Waals surface area (Å²) in [6.45, 7) is 7.98. The average molecular weight is 669 g/mol. The first-order chi connectivity index (χ1) is 21.8. The van der Waals surface area contributed by atoms with Gasteiger partial charge < -0.3 is 18.7 Å². The third-order valence-electron chi connectivity index (χ3n) is 8.34. The average Bonchev–Trinajstić information content (AvgIpc) is 3.53. The van der Waals surface area contributed by atoms with E-state index in [1.54, 1.807) is 42.5 Å². The molecular weight excluding hydrogens is 624 g/mol. The molecule has 0 saturated carbocycles. The van der Waals surface area contributed by atoms with Crippen LogP contribution >= 0.6 is 22.6 Å². The third kappa shape index (κ3) is 8.35. The summed E-state index contributed by atoms with van der Waals surface area (Å²) < 4.78 is 29.0. The Hall–Kier alpha value is -3.28. The van der Waals surface area contributed by atoms with Gasteiger partial charge in [0.05, 0.1) is 21.8 Å². The molecule has 0 bridgehead atoms. The second-order valence-corrected chi connectivity index (χ2v) is 15.5. The first-order valence-electron chi connectivity index (χ1n) is 15.7. The molecule has 1 unspecified atom stereocenters. The maximum Gasteiger partial charge on any atom is 0.338 e. The number of esters is 1. The van der Waals surface area contributed by atoms with Gasteiger partial charge in [-0.1, -0.05) is 41.9 Å². The van der Waals surface area contributed by atoms with Crippen molar-refractivity contribution in [3.8, 4) is 5.75 Å². The summed E-state index contributed by atoms with van der Waals surface area (Å²) >= 11 is 6.74. The summed E-state index contributed by atoms with van der Waals surface area (Å²) in [4.78, 5) is 30.1. The lowest BCUT2D eigenvalue weighted by Gasteiger charge is -2.45. The third-order valence-corrected chi connectivity index (χ3v) is 10.6. The van der Waals surface area contributed by atoms with E-state index in [9.17, 15) is 14.1 Å². The molecule has 2 aliphatic rings. The predicted molar refractivity (Wildman–Crippen MR) is 186 cm³/mol. The Morgan fingerprint density at radius 1 is 0.978 bits per heavy atom. The summed E-state index contributed by atoms with van der Waals surface area (Å²) in [5.41, 5.74) is 1.97. The van der Waals surface area contributed by atoms with Crippen LogP contribution in [0, 0.1) is 0 Å². The minimum atomic E-state index is -3.07. The molecule has 5 rings (SSSR count). The molecular formula is C35H45ClN4O5S. The minimum Gasteiger partial charge on any atom is -0.456 e. The standard InChI is InChI=1S/C35H45ClN4O5S/c1-35(2,3)44-34(42)26-13-16-30(17-14-26)45-46(43,40-21-19-29(24-40)38(4)5)37-28-15-18-31(32(36)22-28)33(41)39-20-9-12-27(23-39)25-10-7-6-8-11-25/h6-8,10-11,13-18,22,27,29,37,43H,9,12,19-21,23-24H2,1-5H3/t27-,29+/m1/s1. The Bertz CT molecular complexity index is 1520. The molecule has 2 fully saturated rings. The SMILES string of the molecule is CN(C)[C@H]1CCN(S(O)(Nc2ccc(C(=O)N3CCC[C@@H](c4ccccc4)C3)c(Cl)c2)Oc2ccc(C(=O)OC(C)(C)C)cc2)C1. The maximum absolute atomic E-state index is 13.6. The van der Waals surface area contributed by atoms with E-state index >= 15 is 0 Å². The maximum atomic E-state index is 13.6. The van der Waals surface area contributed by atoms with E-state index in [0.29, 0.717) is 59.7 Å². The molecule has 1 amide bonds. The van der Waals surface area contributed by atoms with E-state index in [1.165, 1.54) is 5.56 Å². The molecule has 11 heteroatoms. The fourth-order valence-corrected chi connectivity index (χ4v) is 7.93. The van der Waals surface area contributed by atoms with Crippen LogP contribution in [-0.2, 0) is 4.74 Å². The molecule has 46 heavy (non-hydrogen) atoms. The lowest BCUT2D eigenvalue weighted by Crippen LogP contribution is -2.39. The molecule has 0 aromatic heterocycles. The lowest BCUT2D eigenvalue weighted by molar-refractivity contribution is 0.00693. The highest BCUT2D eigenvalue weighted by atomic mass is 35.5. The first kappa shape index (κ1) is 34.1. The van der Waals surface area contributed by atoms with Gasteiger partial charge in [-0.2, -0.15) is 4.31 Å². The number of nitrogens with one attached hydrogen (secondary N) is 1. The Morgan fingerprint density at radius 3 is 2.33 bits per heavy atom. The molecule has 2 heterocycles. The van der Waals surface area contributed by atoms with Crippen molar-refractivity contribution in [2.24, 2.45) is 0 Å². The van der Waals surface area contributed by atoms with E-state index in [1.807, 2.05) is 62.3 Å². The van der Waals surface area contributed by atoms with E-state index < -0.39 is 22.5 Å². The van der Waals surface area contributed by atoms with Crippen LogP contribution in [0.15, 0.2) is 72.8 Å². The molecule has 2 N–H and O–H groups in total. The number of carbonyl (C=O) groups excluding carboxylic acids is 2. The molecule has 2 saturated heterocycles. The van der Waals surface area contributed by atoms with Crippen LogP contribution in [0.1, 0.15) is 72.2 Å². The monoisotopic (exact) mass is 668 g/mol. The zero-order chi connectivity index (χ0) is 33.1. The topological polar surface area (TPSA) is 94.6 Å². The number of carbonyl (C=O) groups is 2. The van der Waals surface area contributed by atoms with Gasteiger partial charge in [0.2, 0.25) is 0 Å².